The summed E-state index contributed by atoms with van der Waals surface area (Å²) in [6.07, 6.45) is -9.47. The maximum atomic E-state index is 14.9. The van der Waals surface area contributed by atoms with Crippen LogP contribution in [0.4, 0.5) is 26.3 Å². The molecule has 0 N–H and O–H groups in total. The molecule has 1 fully saturated rings. The molecule has 2 aromatic rings. The van der Waals surface area contributed by atoms with Crippen molar-refractivity contribution >= 4 is 27.9 Å². The van der Waals surface area contributed by atoms with E-state index in [1.165, 1.54) is 23.5 Å². The molecule has 0 aliphatic heterocycles. The number of benzene rings is 1. The van der Waals surface area contributed by atoms with E-state index in [1.54, 1.807) is 32.9 Å². The lowest BCUT2D eigenvalue weighted by Crippen LogP contribution is -2.50. The lowest BCUT2D eigenvalue weighted by Gasteiger charge is -2.37. The number of hydrogen-bond acceptors (Lipinski definition) is 4. The average Bonchev–Trinajstić information content (AvgIpc) is 3.50. The number of alkyl halides is 6. The normalized spacial score (nSPS) is 17.3. The summed E-state index contributed by atoms with van der Waals surface area (Å²) < 4.78 is 98.9. The molecule has 0 saturated heterocycles. The van der Waals surface area contributed by atoms with Gasteiger partial charge in [-0.2, -0.15) is 26.3 Å². The van der Waals surface area contributed by atoms with Gasteiger partial charge in [0.1, 0.15) is 11.2 Å². The van der Waals surface area contributed by atoms with E-state index >= 15 is 0 Å². The van der Waals surface area contributed by atoms with Crippen molar-refractivity contribution in [2.24, 2.45) is 0 Å². The van der Waals surface area contributed by atoms with Gasteiger partial charge in [-0.3, -0.25) is 9.00 Å². The molecular formula is C26H30F6O3S2. The predicted octanol–water partition coefficient (Wildman–Crippen LogP) is 7.97. The average molecular weight is 569 g/mol. The van der Waals surface area contributed by atoms with Crippen LogP contribution in [-0.4, -0.2) is 39.5 Å². The Kier molecular flexibility index (Phi) is 8.89. The zero-order valence-electron chi connectivity index (χ0n) is 20.8. The van der Waals surface area contributed by atoms with Gasteiger partial charge >= 0.3 is 12.4 Å². The number of carbonyl (C=O) groups is 1. The van der Waals surface area contributed by atoms with E-state index in [1.807, 2.05) is 0 Å². The highest BCUT2D eigenvalue weighted by Crippen LogP contribution is 2.48. The van der Waals surface area contributed by atoms with Gasteiger partial charge in [0.15, 0.2) is 5.78 Å². The minimum Gasteiger partial charge on any atom is -0.494 e. The number of halogens is 6. The summed E-state index contributed by atoms with van der Waals surface area (Å²) in [5.41, 5.74) is -2.96. The summed E-state index contributed by atoms with van der Waals surface area (Å²) in [4.78, 5) is 14.4. The van der Waals surface area contributed by atoms with Gasteiger partial charge in [0, 0.05) is 39.0 Å². The van der Waals surface area contributed by atoms with Crippen LogP contribution in [0.15, 0.2) is 36.4 Å². The van der Waals surface area contributed by atoms with Crippen LogP contribution >= 0.6 is 11.3 Å². The van der Waals surface area contributed by atoms with Gasteiger partial charge in [-0.1, -0.05) is 12.1 Å². The molecular weight excluding hydrogens is 538 g/mol. The van der Waals surface area contributed by atoms with Crippen molar-refractivity contribution < 1.29 is 40.1 Å². The Labute approximate surface area is 219 Å². The lowest BCUT2D eigenvalue weighted by molar-refractivity contribution is -0.183. The van der Waals surface area contributed by atoms with Crippen LogP contribution in [0.25, 0.3) is 0 Å². The first-order valence-corrected chi connectivity index (χ1v) is 14.0. The van der Waals surface area contributed by atoms with E-state index in [2.05, 4.69) is 0 Å². The Morgan fingerprint density at radius 1 is 1.00 bits per heavy atom. The number of ketones is 1. The zero-order valence-corrected chi connectivity index (χ0v) is 22.4. The molecule has 11 heteroatoms. The molecule has 1 unspecified atom stereocenters. The lowest BCUT2D eigenvalue weighted by atomic mass is 9.77. The number of ether oxygens (including phenoxy) is 1. The largest absolute Gasteiger partial charge is 0.494 e. The number of carbonyl (C=O) groups excluding carboxylic acids is 1. The third-order valence-electron chi connectivity index (χ3n) is 6.23. The minimum absolute atomic E-state index is 0.109. The van der Waals surface area contributed by atoms with Crippen molar-refractivity contribution in [2.45, 2.75) is 81.3 Å². The Balaban J connectivity index is 1.91. The molecule has 1 aliphatic rings. The monoisotopic (exact) mass is 568 g/mol. The van der Waals surface area contributed by atoms with Gasteiger partial charge < -0.3 is 4.74 Å². The van der Waals surface area contributed by atoms with E-state index in [0.717, 1.165) is 29.9 Å². The van der Waals surface area contributed by atoms with Gasteiger partial charge in [-0.15, -0.1) is 11.3 Å². The molecule has 1 aliphatic carbocycles. The standard InChI is InChI=1S/C26H30F6O3S2/c1-23(2,3)37(34)16-24(26(30,31)32,15-20(33)22-12-11-21(36-22)17-5-6-17)18-7-9-19(10-8-18)35-14-4-13-25(27,28)29/h7-12,17H,4-6,13-16H2,1-3H3/t24-,37?/m0/s1. The van der Waals surface area contributed by atoms with Crippen molar-refractivity contribution in [3.63, 3.8) is 0 Å². The summed E-state index contributed by atoms with van der Waals surface area (Å²) in [5, 5.41) is 0. The highest BCUT2D eigenvalue weighted by molar-refractivity contribution is 7.86. The molecule has 1 heterocycles. The van der Waals surface area contributed by atoms with Crippen molar-refractivity contribution in [1.82, 2.24) is 0 Å². The summed E-state index contributed by atoms with van der Waals surface area (Å²) in [6.45, 7) is 4.47. The van der Waals surface area contributed by atoms with Crippen molar-refractivity contribution in [1.29, 1.82) is 0 Å². The Bertz CT molecular complexity index is 1100. The number of Topliss-reactive ketones (excluding diaryl/α,β-unsaturated/α-hetero) is 1. The van der Waals surface area contributed by atoms with Crippen LogP contribution in [0, 0.1) is 0 Å². The zero-order chi connectivity index (χ0) is 27.6. The van der Waals surface area contributed by atoms with E-state index in [0.29, 0.717) is 5.92 Å². The molecule has 2 atom stereocenters. The third-order valence-corrected chi connectivity index (χ3v) is 9.64. The van der Waals surface area contributed by atoms with Crippen LogP contribution in [0.3, 0.4) is 0 Å². The minimum atomic E-state index is -4.91. The summed E-state index contributed by atoms with van der Waals surface area (Å²) >= 11 is 1.21. The molecule has 1 saturated carbocycles. The Hall–Kier alpha value is -1.88. The predicted molar refractivity (Wildman–Crippen MR) is 133 cm³/mol. The van der Waals surface area contributed by atoms with Gasteiger partial charge in [-0.25, -0.2) is 0 Å². The summed E-state index contributed by atoms with van der Waals surface area (Å²) in [5.74, 6) is -1.01. The van der Waals surface area contributed by atoms with Crippen molar-refractivity contribution in [3.8, 4) is 5.75 Å². The maximum Gasteiger partial charge on any atom is 0.399 e. The second-order valence-corrected chi connectivity index (χ2v) is 13.7. The van der Waals surface area contributed by atoms with Gasteiger partial charge in [-0.05, 0) is 75.8 Å². The molecule has 0 radical (unpaired) electrons. The highest BCUT2D eigenvalue weighted by Gasteiger charge is 2.58. The second-order valence-electron chi connectivity index (χ2n) is 10.3. The summed E-state index contributed by atoms with van der Waals surface area (Å²) in [6, 6.07) is 8.13. The Morgan fingerprint density at radius 2 is 1.62 bits per heavy atom. The smallest absolute Gasteiger partial charge is 0.399 e. The molecule has 0 bridgehead atoms. The topological polar surface area (TPSA) is 43.4 Å². The van der Waals surface area contributed by atoms with Gasteiger partial charge in [0.25, 0.3) is 0 Å². The first-order chi connectivity index (χ1) is 17.0. The Morgan fingerprint density at radius 3 is 2.14 bits per heavy atom. The van der Waals surface area contributed by atoms with Crippen LogP contribution in [-0.2, 0) is 16.2 Å². The molecule has 1 aromatic carbocycles. The third kappa shape index (κ3) is 7.81. The maximum absolute atomic E-state index is 14.9. The van der Waals surface area contributed by atoms with Gasteiger partial charge in [0.2, 0.25) is 0 Å². The number of rotatable bonds is 11. The van der Waals surface area contributed by atoms with Crippen LogP contribution < -0.4 is 4.74 Å². The molecule has 206 valence electrons. The fraction of sp³-hybridized carbons (Fsp3) is 0.577. The van der Waals surface area contributed by atoms with Gasteiger partial charge in [0.05, 0.1) is 11.5 Å². The molecule has 0 spiro atoms. The fourth-order valence-electron chi connectivity index (χ4n) is 3.81. The first-order valence-electron chi connectivity index (χ1n) is 11.9. The van der Waals surface area contributed by atoms with E-state index in [-0.39, 0.29) is 29.2 Å². The summed E-state index contributed by atoms with van der Waals surface area (Å²) in [7, 11) is -1.95. The quantitative estimate of drug-likeness (QED) is 0.157. The van der Waals surface area contributed by atoms with E-state index in [9.17, 15) is 35.3 Å². The molecule has 3 nitrogen and oxygen atoms in total. The number of thiophene rings is 1. The highest BCUT2D eigenvalue weighted by atomic mass is 32.2. The number of hydrogen-bond donors (Lipinski definition) is 0. The van der Waals surface area contributed by atoms with E-state index in [4.69, 9.17) is 4.74 Å². The fourth-order valence-corrected chi connectivity index (χ4v) is 6.23. The molecule has 1 aromatic heterocycles. The van der Waals surface area contributed by atoms with Crippen LogP contribution in [0.1, 0.15) is 78.9 Å². The van der Waals surface area contributed by atoms with Crippen molar-refractivity contribution in [2.75, 3.05) is 12.4 Å². The van der Waals surface area contributed by atoms with Crippen LogP contribution in [0.2, 0.25) is 0 Å². The van der Waals surface area contributed by atoms with Crippen molar-refractivity contribution in [3.05, 3.63) is 51.7 Å². The van der Waals surface area contributed by atoms with Crippen LogP contribution in [0.5, 0.6) is 5.75 Å². The van der Waals surface area contributed by atoms with E-state index < -0.39 is 57.7 Å². The molecule has 37 heavy (non-hydrogen) atoms. The molecule has 0 amide bonds. The first kappa shape index (κ1) is 29.7. The second kappa shape index (κ2) is 11.1. The molecule has 3 rings (SSSR count). The SMILES string of the molecule is CC(C)(C)S(=O)C[C@@](CC(=O)c1ccc(C2CC2)s1)(c1ccc(OCCCC(F)(F)F)cc1)C(F)(F)F.